The Hall–Kier alpha value is -3.02. The summed E-state index contributed by atoms with van der Waals surface area (Å²) < 4.78 is 42.0. The molecular formula is C17H16F3N5O3S. The van der Waals surface area contributed by atoms with Crippen LogP contribution >= 0.6 is 11.8 Å². The molecule has 3 aromatic rings. The zero-order valence-corrected chi connectivity index (χ0v) is 16.1. The topological polar surface area (TPSA) is 101 Å². The Morgan fingerprint density at radius 3 is 2.59 bits per heavy atom. The number of aromatic amines is 1. The van der Waals surface area contributed by atoms with Gasteiger partial charge in [0.25, 0.3) is 5.56 Å². The molecule has 0 atom stereocenters. The molecule has 0 bridgehead atoms. The summed E-state index contributed by atoms with van der Waals surface area (Å²) in [6.45, 7) is 3.84. The molecule has 8 nitrogen and oxygen atoms in total. The van der Waals surface area contributed by atoms with Gasteiger partial charge in [-0.15, -0.1) is 23.4 Å². The van der Waals surface area contributed by atoms with Crippen molar-refractivity contribution in [1.29, 1.82) is 0 Å². The molecule has 29 heavy (non-hydrogen) atoms. The first-order valence-electron chi connectivity index (χ1n) is 8.39. The minimum atomic E-state index is -4.78. The van der Waals surface area contributed by atoms with Crippen molar-refractivity contribution in [1.82, 2.24) is 19.6 Å². The van der Waals surface area contributed by atoms with E-state index in [4.69, 9.17) is 0 Å². The van der Waals surface area contributed by atoms with Crippen LogP contribution < -0.4 is 15.6 Å². The normalized spacial score (nSPS) is 11.8. The Labute approximate surface area is 166 Å². The lowest BCUT2D eigenvalue weighted by atomic mass is 10.1. The Balaban J connectivity index is 1.66. The molecular weight excluding hydrogens is 411 g/mol. The van der Waals surface area contributed by atoms with Gasteiger partial charge in [-0.1, -0.05) is 25.6 Å². The van der Waals surface area contributed by atoms with E-state index in [0.717, 1.165) is 23.9 Å². The van der Waals surface area contributed by atoms with Gasteiger partial charge in [-0.2, -0.15) is 0 Å². The molecule has 2 aromatic heterocycles. The summed E-state index contributed by atoms with van der Waals surface area (Å²) in [5, 5.41) is 10.9. The van der Waals surface area contributed by atoms with Crippen LogP contribution in [0.3, 0.4) is 0 Å². The van der Waals surface area contributed by atoms with Gasteiger partial charge in [0.2, 0.25) is 11.7 Å². The molecule has 2 N–H and O–H groups in total. The first kappa shape index (κ1) is 20.7. The van der Waals surface area contributed by atoms with E-state index in [0.29, 0.717) is 16.5 Å². The zero-order valence-electron chi connectivity index (χ0n) is 15.3. The van der Waals surface area contributed by atoms with Crippen molar-refractivity contribution >= 4 is 29.1 Å². The Kier molecular flexibility index (Phi) is 5.82. The van der Waals surface area contributed by atoms with Crippen molar-refractivity contribution in [3.8, 4) is 5.75 Å². The summed E-state index contributed by atoms with van der Waals surface area (Å²) >= 11 is 1.11. The smallest absolute Gasteiger partial charge is 0.406 e. The van der Waals surface area contributed by atoms with E-state index >= 15 is 0 Å². The maximum absolute atomic E-state index is 12.2. The average Bonchev–Trinajstić information content (AvgIpc) is 3.02. The van der Waals surface area contributed by atoms with Gasteiger partial charge in [0.05, 0.1) is 5.75 Å². The van der Waals surface area contributed by atoms with Crippen molar-refractivity contribution in [3.05, 3.63) is 46.4 Å². The van der Waals surface area contributed by atoms with Crippen LogP contribution in [0.5, 0.6) is 5.75 Å². The highest BCUT2D eigenvalue weighted by Gasteiger charge is 2.31. The van der Waals surface area contributed by atoms with Gasteiger partial charge in [0.15, 0.2) is 5.16 Å². The number of alkyl halides is 3. The van der Waals surface area contributed by atoms with Gasteiger partial charge in [-0.05, 0) is 30.2 Å². The van der Waals surface area contributed by atoms with E-state index < -0.39 is 6.36 Å². The number of anilines is 1. The maximum atomic E-state index is 12.2. The van der Waals surface area contributed by atoms with Gasteiger partial charge in [0, 0.05) is 17.4 Å². The molecule has 0 radical (unpaired) electrons. The first-order chi connectivity index (χ1) is 13.6. The molecule has 154 valence electrons. The number of carbonyl (C=O) groups is 1. The number of aromatic nitrogens is 4. The van der Waals surface area contributed by atoms with E-state index in [1.807, 2.05) is 13.8 Å². The highest BCUT2D eigenvalue weighted by molar-refractivity contribution is 7.99. The monoisotopic (exact) mass is 427 g/mol. The number of nitrogens with one attached hydrogen (secondary N) is 2. The van der Waals surface area contributed by atoms with Crippen molar-refractivity contribution in [2.75, 3.05) is 11.1 Å². The standard InChI is InChI=1S/C17H16F3N5O3S/c1-9(2)12-7-13(26)22-15-23-24-16(25(12)15)29-8-14(27)21-10-3-5-11(6-4-10)28-17(18,19)20/h3-7,9H,8H2,1-2H3,(H,21,27)(H,22,23,26). The molecule has 0 spiro atoms. The summed E-state index contributed by atoms with van der Waals surface area (Å²) in [4.78, 5) is 26.5. The van der Waals surface area contributed by atoms with Gasteiger partial charge in [0.1, 0.15) is 5.75 Å². The summed E-state index contributed by atoms with van der Waals surface area (Å²) in [5.74, 6) is -0.467. The molecule has 1 aromatic carbocycles. The number of nitrogens with zero attached hydrogens (tertiary/aromatic N) is 3. The highest BCUT2D eigenvalue weighted by Crippen LogP contribution is 2.25. The van der Waals surface area contributed by atoms with E-state index in [-0.39, 0.29) is 34.7 Å². The number of halogens is 3. The third-order valence-corrected chi connectivity index (χ3v) is 4.63. The lowest BCUT2D eigenvalue weighted by Gasteiger charge is -2.10. The quantitative estimate of drug-likeness (QED) is 0.586. The molecule has 12 heteroatoms. The lowest BCUT2D eigenvalue weighted by molar-refractivity contribution is -0.274. The molecule has 0 aliphatic rings. The van der Waals surface area contributed by atoms with Crippen LogP contribution in [-0.4, -0.2) is 37.6 Å². The number of hydrogen-bond acceptors (Lipinski definition) is 6. The van der Waals surface area contributed by atoms with Crippen molar-refractivity contribution in [2.45, 2.75) is 31.3 Å². The minimum Gasteiger partial charge on any atom is -0.406 e. The lowest BCUT2D eigenvalue weighted by Crippen LogP contribution is -2.17. The first-order valence-corrected chi connectivity index (χ1v) is 9.38. The Bertz CT molecular complexity index is 1080. The van der Waals surface area contributed by atoms with E-state index in [2.05, 4.69) is 25.2 Å². The van der Waals surface area contributed by atoms with Crippen LogP contribution in [0.1, 0.15) is 25.5 Å². The fourth-order valence-electron chi connectivity index (χ4n) is 2.51. The van der Waals surface area contributed by atoms with Crippen LogP contribution in [0, 0.1) is 0 Å². The second-order valence-corrected chi connectivity index (χ2v) is 7.21. The van der Waals surface area contributed by atoms with Crippen LogP contribution in [0.25, 0.3) is 5.78 Å². The van der Waals surface area contributed by atoms with Gasteiger partial charge in [-0.3, -0.25) is 19.0 Å². The minimum absolute atomic E-state index is 0.0156. The number of thioether (sulfide) groups is 1. The SMILES string of the molecule is CC(C)c1cc(=O)[nH]c2nnc(SCC(=O)Nc3ccc(OC(F)(F)F)cc3)n12. The van der Waals surface area contributed by atoms with E-state index in [1.165, 1.54) is 18.2 Å². The average molecular weight is 427 g/mol. The molecule has 1 amide bonds. The number of H-pyrrole nitrogens is 1. The summed E-state index contributed by atoms with van der Waals surface area (Å²) in [5.41, 5.74) is 0.737. The van der Waals surface area contributed by atoms with Crippen LogP contribution in [-0.2, 0) is 4.79 Å². The maximum Gasteiger partial charge on any atom is 0.573 e. The molecule has 0 unspecified atom stereocenters. The molecule has 0 aliphatic heterocycles. The summed E-state index contributed by atoms with van der Waals surface area (Å²) in [6, 6.07) is 6.27. The highest BCUT2D eigenvalue weighted by atomic mass is 32.2. The predicted molar refractivity (Wildman–Crippen MR) is 100 cm³/mol. The largest absolute Gasteiger partial charge is 0.573 e. The fourth-order valence-corrected chi connectivity index (χ4v) is 3.27. The molecule has 0 saturated heterocycles. The number of carbonyl (C=O) groups excluding carboxylic acids is 1. The number of benzene rings is 1. The number of hydrogen-bond donors (Lipinski definition) is 2. The predicted octanol–water partition coefficient (Wildman–Crippen LogP) is 3.17. The van der Waals surface area contributed by atoms with Gasteiger partial charge >= 0.3 is 6.36 Å². The van der Waals surface area contributed by atoms with Crippen LogP contribution in [0.2, 0.25) is 0 Å². The number of fused-ring (bicyclic) bond motifs is 1. The zero-order chi connectivity index (χ0) is 21.2. The van der Waals surface area contributed by atoms with Gasteiger partial charge in [-0.25, -0.2) is 0 Å². The van der Waals surface area contributed by atoms with Crippen LogP contribution in [0.15, 0.2) is 40.3 Å². The third kappa shape index (κ3) is 5.28. The number of amides is 1. The molecule has 0 aliphatic carbocycles. The van der Waals surface area contributed by atoms with Crippen molar-refractivity contribution in [3.63, 3.8) is 0 Å². The summed E-state index contributed by atoms with van der Waals surface area (Å²) in [7, 11) is 0. The van der Waals surface area contributed by atoms with Crippen molar-refractivity contribution < 1.29 is 22.7 Å². The molecule has 0 fully saturated rings. The Morgan fingerprint density at radius 2 is 1.97 bits per heavy atom. The molecule has 0 saturated carbocycles. The van der Waals surface area contributed by atoms with E-state index in [1.54, 1.807) is 4.40 Å². The third-order valence-electron chi connectivity index (χ3n) is 3.70. The fraction of sp³-hybridized carbons (Fsp3) is 0.294. The summed E-state index contributed by atoms with van der Waals surface area (Å²) in [6.07, 6.45) is -4.78. The molecule has 2 heterocycles. The van der Waals surface area contributed by atoms with Crippen LogP contribution in [0.4, 0.5) is 18.9 Å². The number of ether oxygens (including phenoxy) is 1. The second kappa shape index (κ2) is 8.15. The Morgan fingerprint density at radius 1 is 1.28 bits per heavy atom. The van der Waals surface area contributed by atoms with E-state index in [9.17, 15) is 22.8 Å². The number of rotatable bonds is 6. The molecule has 3 rings (SSSR count). The van der Waals surface area contributed by atoms with Gasteiger partial charge < -0.3 is 10.1 Å². The second-order valence-electron chi connectivity index (χ2n) is 6.26. The van der Waals surface area contributed by atoms with Crippen molar-refractivity contribution in [2.24, 2.45) is 0 Å².